The molecule has 1 N–H and O–H groups in total. The van der Waals surface area contributed by atoms with Crippen molar-refractivity contribution in [2.24, 2.45) is 0 Å². The van der Waals surface area contributed by atoms with Crippen LogP contribution >= 0.6 is 22.9 Å². The Morgan fingerprint density at radius 2 is 2.24 bits per heavy atom. The molecule has 0 radical (unpaired) electrons. The van der Waals surface area contributed by atoms with Crippen LogP contribution in [0, 0.1) is 0 Å². The summed E-state index contributed by atoms with van der Waals surface area (Å²) in [5, 5.41) is 3.97. The third-order valence-corrected chi connectivity index (χ3v) is 4.15. The van der Waals surface area contributed by atoms with Gasteiger partial charge in [0.25, 0.3) is 5.91 Å². The van der Waals surface area contributed by atoms with Crippen LogP contribution in [0.25, 0.3) is 10.1 Å². The molecule has 0 saturated carbocycles. The zero-order valence-electron chi connectivity index (χ0n) is 9.57. The zero-order valence-corrected chi connectivity index (χ0v) is 11.1. The smallest absolute Gasteiger partial charge is 0.261 e. The third kappa shape index (κ3) is 2.99. The molecule has 1 aromatic heterocycles. The molecule has 1 amide bonds. The molecule has 90 valence electrons. The summed E-state index contributed by atoms with van der Waals surface area (Å²) < 4.78 is 1.13. The molecule has 0 saturated heterocycles. The Morgan fingerprint density at radius 3 is 2.94 bits per heavy atom. The van der Waals surface area contributed by atoms with Gasteiger partial charge < -0.3 is 5.32 Å². The third-order valence-electron chi connectivity index (χ3n) is 2.58. The summed E-state index contributed by atoms with van der Waals surface area (Å²) >= 11 is 7.47. The molecule has 1 atom stereocenters. The fraction of sp³-hybridized carbons (Fsp3) is 0.308. The monoisotopic (exact) mass is 267 g/mol. The molecule has 0 spiro atoms. The number of benzene rings is 1. The van der Waals surface area contributed by atoms with Crippen molar-refractivity contribution in [3.8, 4) is 0 Å². The largest absolute Gasteiger partial charge is 0.350 e. The summed E-state index contributed by atoms with van der Waals surface area (Å²) in [5.41, 5.74) is 0. The molecule has 2 nitrogen and oxygen atoms in total. The van der Waals surface area contributed by atoms with E-state index in [1.807, 2.05) is 37.3 Å². The van der Waals surface area contributed by atoms with E-state index >= 15 is 0 Å². The Labute approximate surface area is 110 Å². The molecule has 1 unspecified atom stereocenters. The first-order valence-electron chi connectivity index (χ1n) is 5.61. The van der Waals surface area contributed by atoms with E-state index in [0.29, 0.717) is 6.54 Å². The van der Waals surface area contributed by atoms with E-state index in [-0.39, 0.29) is 11.3 Å². The van der Waals surface area contributed by atoms with Crippen molar-refractivity contribution in [2.75, 3.05) is 6.54 Å². The second-order valence-electron chi connectivity index (χ2n) is 3.86. The number of thiophene rings is 1. The van der Waals surface area contributed by atoms with E-state index in [1.165, 1.54) is 11.3 Å². The summed E-state index contributed by atoms with van der Waals surface area (Å²) in [5.74, 6) is -0.0368. The predicted octanol–water partition coefficient (Wildman–Crippen LogP) is 3.65. The topological polar surface area (TPSA) is 29.1 Å². The Morgan fingerprint density at radius 1 is 1.47 bits per heavy atom. The molecule has 0 aliphatic carbocycles. The van der Waals surface area contributed by atoms with Crippen molar-refractivity contribution < 1.29 is 4.79 Å². The number of fused-ring (bicyclic) bond motifs is 1. The van der Waals surface area contributed by atoms with Gasteiger partial charge in [-0.1, -0.05) is 25.1 Å². The van der Waals surface area contributed by atoms with E-state index in [9.17, 15) is 4.79 Å². The van der Waals surface area contributed by atoms with Crippen LogP contribution in [0.3, 0.4) is 0 Å². The summed E-state index contributed by atoms with van der Waals surface area (Å²) in [4.78, 5) is 12.6. The first-order chi connectivity index (χ1) is 8.20. The number of amides is 1. The van der Waals surface area contributed by atoms with Crippen molar-refractivity contribution in [1.82, 2.24) is 5.32 Å². The van der Waals surface area contributed by atoms with E-state index < -0.39 is 0 Å². The van der Waals surface area contributed by atoms with Crippen LogP contribution in [0.1, 0.15) is 23.0 Å². The number of hydrogen-bond donors (Lipinski definition) is 1. The van der Waals surface area contributed by atoms with Crippen LogP contribution in [0.15, 0.2) is 30.3 Å². The molecule has 0 aliphatic rings. The lowest BCUT2D eigenvalue weighted by Gasteiger charge is -2.06. The quantitative estimate of drug-likeness (QED) is 0.842. The first kappa shape index (κ1) is 12.4. The normalized spacial score (nSPS) is 12.6. The number of rotatable bonds is 4. The fourth-order valence-electron chi connectivity index (χ4n) is 1.53. The number of nitrogens with one attached hydrogen (secondary N) is 1. The minimum absolute atomic E-state index is 0.00771. The van der Waals surface area contributed by atoms with Crippen LogP contribution in [0.5, 0.6) is 0 Å². The Kier molecular flexibility index (Phi) is 4.02. The van der Waals surface area contributed by atoms with Crippen molar-refractivity contribution in [2.45, 2.75) is 18.7 Å². The predicted molar refractivity (Wildman–Crippen MR) is 74.1 cm³/mol. The zero-order chi connectivity index (χ0) is 12.3. The number of carbonyl (C=O) groups excluding carboxylic acids is 1. The fourth-order valence-corrected chi connectivity index (χ4v) is 2.58. The van der Waals surface area contributed by atoms with Gasteiger partial charge in [-0.15, -0.1) is 22.9 Å². The summed E-state index contributed by atoms with van der Waals surface area (Å²) in [6, 6.07) is 9.91. The minimum Gasteiger partial charge on any atom is -0.350 e. The maximum atomic E-state index is 11.9. The van der Waals surface area contributed by atoms with E-state index in [2.05, 4.69) is 5.32 Å². The van der Waals surface area contributed by atoms with Gasteiger partial charge in [0.1, 0.15) is 0 Å². The SMILES string of the molecule is CCC(Cl)CNC(=O)c1cc2ccccc2s1. The van der Waals surface area contributed by atoms with Crippen LogP contribution in [0.4, 0.5) is 0 Å². The molecule has 2 rings (SSSR count). The number of carbonyl (C=O) groups is 1. The number of halogens is 1. The van der Waals surface area contributed by atoms with Gasteiger partial charge in [-0.25, -0.2) is 0 Å². The average molecular weight is 268 g/mol. The summed E-state index contributed by atoms with van der Waals surface area (Å²) in [6.07, 6.45) is 0.855. The highest BCUT2D eigenvalue weighted by atomic mass is 35.5. The van der Waals surface area contributed by atoms with Gasteiger partial charge in [-0.2, -0.15) is 0 Å². The Bertz CT molecular complexity index is 490. The average Bonchev–Trinajstić information content (AvgIpc) is 2.79. The van der Waals surface area contributed by atoms with Crippen LogP contribution in [-0.4, -0.2) is 17.8 Å². The molecule has 17 heavy (non-hydrogen) atoms. The van der Waals surface area contributed by atoms with Crippen molar-refractivity contribution in [3.63, 3.8) is 0 Å². The van der Waals surface area contributed by atoms with Crippen LogP contribution < -0.4 is 5.32 Å². The van der Waals surface area contributed by atoms with Gasteiger partial charge in [-0.05, 0) is 23.9 Å². The Balaban J connectivity index is 2.08. The highest BCUT2D eigenvalue weighted by Crippen LogP contribution is 2.25. The van der Waals surface area contributed by atoms with E-state index in [0.717, 1.165) is 21.4 Å². The molecular weight excluding hydrogens is 254 g/mol. The second-order valence-corrected chi connectivity index (χ2v) is 5.57. The van der Waals surface area contributed by atoms with Crippen molar-refractivity contribution in [3.05, 3.63) is 35.2 Å². The maximum absolute atomic E-state index is 11.9. The standard InChI is InChI=1S/C13H14ClNOS/c1-2-10(14)8-15-13(16)12-7-9-5-3-4-6-11(9)17-12/h3-7,10H,2,8H2,1H3,(H,15,16). The lowest BCUT2D eigenvalue weighted by molar-refractivity contribution is 0.0957. The Hall–Kier alpha value is -1.06. The molecule has 0 fully saturated rings. The number of hydrogen-bond acceptors (Lipinski definition) is 2. The van der Waals surface area contributed by atoms with E-state index in [4.69, 9.17) is 11.6 Å². The molecule has 0 bridgehead atoms. The molecule has 4 heteroatoms. The molecule has 2 aromatic rings. The van der Waals surface area contributed by atoms with Gasteiger partial charge in [0.05, 0.1) is 10.3 Å². The molecule has 0 aliphatic heterocycles. The lowest BCUT2D eigenvalue weighted by atomic mass is 10.2. The van der Waals surface area contributed by atoms with Gasteiger partial charge in [0, 0.05) is 11.2 Å². The summed E-state index contributed by atoms with van der Waals surface area (Å²) in [7, 11) is 0. The van der Waals surface area contributed by atoms with Gasteiger partial charge >= 0.3 is 0 Å². The van der Waals surface area contributed by atoms with Crippen molar-refractivity contribution >= 4 is 38.9 Å². The first-order valence-corrected chi connectivity index (χ1v) is 6.87. The molecular formula is C13H14ClNOS. The maximum Gasteiger partial charge on any atom is 0.261 e. The van der Waals surface area contributed by atoms with Gasteiger partial charge in [0.15, 0.2) is 0 Å². The van der Waals surface area contributed by atoms with Crippen LogP contribution in [0.2, 0.25) is 0 Å². The van der Waals surface area contributed by atoms with Crippen LogP contribution in [-0.2, 0) is 0 Å². The minimum atomic E-state index is -0.0368. The van der Waals surface area contributed by atoms with E-state index in [1.54, 1.807) is 0 Å². The van der Waals surface area contributed by atoms with Crippen molar-refractivity contribution in [1.29, 1.82) is 0 Å². The highest BCUT2D eigenvalue weighted by Gasteiger charge is 2.10. The highest BCUT2D eigenvalue weighted by molar-refractivity contribution is 7.20. The lowest BCUT2D eigenvalue weighted by Crippen LogP contribution is -2.28. The molecule has 1 aromatic carbocycles. The second kappa shape index (κ2) is 5.52. The number of alkyl halides is 1. The van der Waals surface area contributed by atoms with Gasteiger partial charge in [-0.3, -0.25) is 4.79 Å². The van der Waals surface area contributed by atoms with Gasteiger partial charge in [0.2, 0.25) is 0 Å². The summed E-state index contributed by atoms with van der Waals surface area (Å²) in [6.45, 7) is 2.52. The molecule has 1 heterocycles.